The molecule has 2 fully saturated rings. The second-order valence-corrected chi connectivity index (χ2v) is 6.13. The van der Waals surface area contributed by atoms with Gasteiger partial charge in [0.25, 0.3) is 0 Å². The van der Waals surface area contributed by atoms with Crippen molar-refractivity contribution in [1.29, 1.82) is 0 Å². The van der Waals surface area contributed by atoms with E-state index in [1.807, 2.05) is 19.1 Å². The minimum atomic E-state index is -1.03. The van der Waals surface area contributed by atoms with Gasteiger partial charge in [-0.1, -0.05) is 19.1 Å². The predicted molar refractivity (Wildman–Crippen MR) is 77.6 cm³/mol. The van der Waals surface area contributed by atoms with Gasteiger partial charge in [-0.2, -0.15) is 0 Å². The number of carbonyl (C=O) groups excluding carboxylic acids is 2. The van der Waals surface area contributed by atoms with Crippen LogP contribution in [0.5, 0.6) is 0 Å². The SMILES string of the molecule is CC/C=C\C[C@@H]1C(=O)CC[C@@H]1CC(=O)NC1(C(=O)O)CC1. The number of carbonyl (C=O) groups is 3. The van der Waals surface area contributed by atoms with E-state index in [9.17, 15) is 14.4 Å². The van der Waals surface area contributed by atoms with Crippen LogP contribution in [-0.4, -0.2) is 28.3 Å². The van der Waals surface area contributed by atoms with Crippen molar-refractivity contribution < 1.29 is 19.5 Å². The Labute approximate surface area is 124 Å². The Balaban J connectivity index is 1.88. The van der Waals surface area contributed by atoms with E-state index in [2.05, 4.69) is 5.32 Å². The predicted octanol–water partition coefficient (Wildman–Crippen LogP) is 2.06. The molecule has 0 bridgehead atoms. The summed E-state index contributed by atoms with van der Waals surface area (Å²) in [6.07, 6.45) is 8.20. The Morgan fingerprint density at radius 2 is 2.10 bits per heavy atom. The molecule has 116 valence electrons. The Morgan fingerprint density at radius 1 is 1.38 bits per heavy atom. The maximum atomic E-state index is 12.0. The first-order valence-corrected chi connectivity index (χ1v) is 7.70. The van der Waals surface area contributed by atoms with Gasteiger partial charge in [-0.25, -0.2) is 4.79 Å². The molecule has 0 heterocycles. The van der Waals surface area contributed by atoms with E-state index in [0.29, 0.717) is 25.7 Å². The lowest BCUT2D eigenvalue weighted by Gasteiger charge is -2.18. The number of aliphatic carboxylic acids is 1. The maximum absolute atomic E-state index is 12.0. The van der Waals surface area contributed by atoms with Gasteiger partial charge in [-0.15, -0.1) is 0 Å². The molecule has 0 aromatic carbocycles. The summed E-state index contributed by atoms with van der Waals surface area (Å²) >= 11 is 0. The van der Waals surface area contributed by atoms with Gasteiger partial charge in [-0.05, 0) is 38.0 Å². The highest BCUT2D eigenvalue weighted by molar-refractivity contribution is 5.90. The molecular weight excluding hydrogens is 270 g/mol. The zero-order valence-corrected chi connectivity index (χ0v) is 12.4. The Hall–Kier alpha value is -1.65. The molecule has 0 aliphatic heterocycles. The van der Waals surface area contributed by atoms with E-state index in [1.54, 1.807) is 0 Å². The minimum Gasteiger partial charge on any atom is -0.480 e. The molecule has 2 saturated carbocycles. The summed E-state index contributed by atoms with van der Waals surface area (Å²) in [5.41, 5.74) is -1.03. The lowest BCUT2D eigenvalue weighted by Crippen LogP contribution is -2.43. The molecule has 2 N–H and O–H groups in total. The number of hydrogen-bond acceptors (Lipinski definition) is 3. The first-order valence-electron chi connectivity index (χ1n) is 7.70. The molecule has 0 radical (unpaired) electrons. The minimum absolute atomic E-state index is 0.0450. The number of rotatable bonds is 7. The van der Waals surface area contributed by atoms with Crippen LogP contribution in [0.4, 0.5) is 0 Å². The molecule has 0 unspecified atom stereocenters. The van der Waals surface area contributed by atoms with Gasteiger partial charge in [-0.3, -0.25) is 9.59 Å². The van der Waals surface area contributed by atoms with Gasteiger partial charge >= 0.3 is 5.97 Å². The second-order valence-electron chi connectivity index (χ2n) is 6.13. The zero-order chi connectivity index (χ0) is 15.5. The average Bonchev–Trinajstić information content (AvgIpc) is 3.13. The van der Waals surface area contributed by atoms with Gasteiger partial charge in [0.15, 0.2) is 0 Å². The summed E-state index contributed by atoms with van der Waals surface area (Å²) in [5, 5.41) is 11.7. The fourth-order valence-electron chi connectivity index (χ4n) is 3.03. The largest absolute Gasteiger partial charge is 0.480 e. The highest BCUT2D eigenvalue weighted by atomic mass is 16.4. The van der Waals surface area contributed by atoms with Crippen molar-refractivity contribution in [3.63, 3.8) is 0 Å². The van der Waals surface area contributed by atoms with Crippen LogP contribution in [0.25, 0.3) is 0 Å². The number of ketones is 1. The fourth-order valence-corrected chi connectivity index (χ4v) is 3.03. The van der Waals surface area contributed by atoms with Gasteiger partial charge in [0, 0.05) is 18.8 Å². The van der Waals surface area contributed by atoms with Crippen LogP contribution < -0.4 is 5.32 Å². The number of amides is 1. The quantitative estimate of drug-likeness (QED) is 0.704. The second kappa shape index (κ2) is 6.41. The van der Waals surface area contributed by atoms with Crippen LogP contribution >= 0.6 is 0 Å². The number of Topliss-reactive ketones (excluding diaryl/α,β-unsaturated/α-hetero) is 1. The molecule has 0 aromatic rings. The van der Waals surface area contributed by atoms with Crippen molar-refractivity contribution in [3.8, 4) is 0 Å². The monoisotopic (exact) mass is 293 g/mol. The van der Waals surface area contributed by atoms with Crippen LogP contribution in [0, 0.1) is 11.8 Å². The molecule has 2 rings (SSSR count). The van der Waals surface area contributed by atoms with E-state index < -0.39 is 11.5 Å². The third-order valence-electron chi connectivity index (χ3n) is 4.52. The van der Waals surface area contributed by atoms with Gasteiger partial charge in [0.05, 0.1) is 0 Å². The number of nitrogens with one attached hydrogen (secondary N) is 1. The Kier molecular flexibility index (Phi) is 4.80. The molecule has 2 aliphatic carbocycles. The lowest BCUT2D eigenvalue weighted by molar-refractivity contribution is -0.143. The normalized spacial score (nSPS) is 27.0. The van der Waals surface area contributed by atoms with Crippen molar-refractivity contribution in [2.45, 2.75) is 57.4 Å². The van der Waals surface area contributed by atoms with Crippen LogP contribution in [-0.2, 0) is 14.4 Å². The number of allylic oxidation sites excluding steroid dienone is 2. The Morgan fingerprint density at radius 3 is 2.67 bits per heavy atom. The third-order valence-corrected chi connectivity index (χ3v) is 4.52. The van der Waals surface area contributed by atoms with E-state index in [4.69, 9.17) is 5.11 Å². The van der Waals surface area contributed by atoms with Crippen LogP contribution in [0.1, 0.15) is 51.9 Å². The molecule has 5 heteroatoms. The molecule has 21 heavy (non-hydrogen) atoms. The molecule has 2 atom stereocenters. The first kappa shape index (κ1) is 15.7. The molecule has 5 nitrogen and oxygen atoms in total. The number of carboxylic acids is 1. The topological polar surface area (TPSA) is 83.5 Å². The molecule has 0 saturated heterocycles. The molecule has 2 aliphatic rings. The van der Waals surface area contributed by atoms with Crippen LogP contribution in [0.3, 0.4) is 0 Å². The van der Waals surface area contributed by atoms with E-state index in [0.717, 1.165) is 12.8 Å². The van der Waals surface area contributed by atoms with Crippen molar-refractivity contribution in [3.05, 3.63) is 12.2 Å². The van der Waals surface area contributed by atoms with Gasteiger partial charge in [0.1, 0.15) is 11.3 Å². The van der Waals surface area contributed by atoms with Gasteiger partial charge in [0.2, 0.25) is 5.91 Å². The highest BCUT2D eigenvalue weighted by Crippen LogP contribution is 2.37. The van der Waals surface area contributed by atoms with Crippen molar-refractivity contribution in [1.82, 2.24) is 5.32 Å². The van der Waals surface area contributed by atoms with Crippen molar-refractivity contribution in [2.24, 2.45) is 11.8 Å². The average molecular weight is 293 g/mol. The molecule has 0 aromatic heterocycles. The number of hydrogen-bond donors (Lipinski definition) is 2. The maximum Gasteiger partial charge on any atom is 0.329 e. The highest BCUT2D eigenvalue weighted by Gasteiger charge is 2.51. The molecule has 1 amide bonds. The number of carboxylic acid groups (broad SMARTS) is 1. The van der Waals surface area contributed by atoms with Crippen LogP contribution in [0.15, 0.2) is 12.2 Å². The zero-order valence-electron chi connectivity index (χ0n) is 12.4. The van der Waals surface area contributed by atoms with Crippen molar-refractivity contribution in [2.75, 3.05) is 0 Å². The summed E-state index contributed by atoms with van der Waals surface area (Å²) in [5.74, 6) is -1.00. The third kappa shape index (κ3) is 3.71. The smallest absolute Gasteiger partial charge is 0.329 e. The van der Waals surface area contributed by atoms with Crippen LogP contribution in [0.2, 0.25) is 0 Å². The molecular formula is C16H23NO4. The van der Waals surface area contributed by atoms with Crippen molar-refractivity contribution >= 4 is 17.7 Å². The lowest BCUT2D eigenvalue weighted by atomic mass is 9.89. The summed E-state index contributed by atoms with van der Waals surface area (Å²) in [4.78, 5) is 35.0. The Bertz CT molecular complexity index is 465. The van der Waals surface area contributed by atoms with Gasteiger partial charge < -0.3 is 10.4 Å². The summed E-state index contributed by atoms with van der Waals surface area (Å²) in [6.45, 7) is 2.04. The summed E-state index contributed by atoms with van der Waals surface area (Å²) in [6, 6.07) is 0. The van der Waals surface area contributed by atoms with E-state index >= 15 is 0 Å². The fraction of sp³-hybridized carbons (Fsp3) is 0.688. The summed E-state index contributed by atoms with van der Waals surface area (Å²) in [7, 11) is 0. The molecule has 0 spiro atoms. The summed E-state index contributed by atoms with van der Waals surface area (Å²) < 4.78 is 0. The first-order chi connectivity index (χ1) is 9.98. The van der Waals surface area contributed by atoms with E-state index in [-0.39, 0.29) is 29.9 Å². The van der Waals surface area contributed by atoms with E-state index in [1.165, 1.54) is 0 Å². The standard InChI is InChI=1S/C16H23NO4/c1-2-3-4-5-12-11(6-7-13(12)18)10-14(19)17-16(8-9-16)15(20)21/h3-4,11-12H,2,5-10H2,1H3,(H,17,19)(H,20,21)/b4-3-/t11-,12+/m1/s1.